The molecule has 17 heavy (non-hydrogen) atoms. The zero-order valence-corrected chi connectivity index (χ0v) is 11.1. The van der Waals surface area contributed by atoms with E-state index in [-0.39, 0.29) is 5.41 Å². The molecule has 3 nitrogen and oxygen atoms in total. The number of nitrogens with zero attached hydrogens (tertiary/aromatic N) is 1. The van der Waals surface area contributed by atoms with E-state index >= 15 is 0 Å². The van der Waals surface area contributed by atoms with Crippen LogP contribution in [0.4, 0.5) is 0 Å². The Morgan fingerprint density at radius 2 is 2.47 bits per heavy atom. The van der Waals surface area contributed by atoms with Crippen molar-refractivity contribution >= 4 is 11.3 Å². The minimum atomic E-state index is 0.282. The van der Waals surface area contributed by atoms with Gasteiger partial charge < -0.3 is 10.1 Å². The van der Waals surface area contributed by atoms with Crippen LogP contribution < -0.4 is 5.32 Å². The van der Waals surface area contributed by atoms with E-state index in [0.29, 0.717) is 6.10 Å². The quantitative estimate of drug-likeness (QED) is 0.871. The Morgan fingerprint density at radius 3 is 3.12 bits per heavy atom. The Bertz CT molecular complexity index is 364. The fraction of sp³-hybridized carbons (Fsp3) is 0.769. The molecule has 1 aliphatic heterocycles. The Hall–Kier alpha value is -0.450. The van der Waals surface area contributed by atoms with Crippen molar-refractivity contribution in [2.24, 2.45) is 11.3 Å². The first-order valence-electron chi connectivity index (χ1n) is 6.47. The molecule has 2 fully saturated rings. The Balaban J connectivity index is 1.80. The molecule has 0 bridgehead atoms. The molecule has 2 unspecified atom stereocenters. The smallest absolute Gasteiger partial charge is 0.0794 e. The second-order valence-corrected chi connectivity index (χ2v) is 6.15. The molecule has 1 aromatic heterocycles. The molecule has 0 aromatic carbocycles. The molecule has 3 rings (SSSR count). The minimum Gasteiger partial charge on any atom is -0.377 e. The fourth-order valence-corrected chi connectivity index (χ4v) is 3.78. The lowest BCUT2D eigenvalue weighted by molar-refractivity contribution is 0.0311. The maximum Gasteiger partial charge on any atom is 0.0794 e. The molecular formula is C13H20N2OS. The van der Waals surface area contributed by atoms with E-state index in [1.54, 1.807) is 11.3 Å². The molecule has 4 heteroatoms. The lowest BCUT2D eigenvalue weighted by Crippen LogP contribution is -2.42. The van der Waals surface area contributed by atoms with Gasteiger partial charge in [0.2, 0.25) is 0 Å². The summed E-state index contributed by atoms with van der Waals surface area (Å²) in [7, 11) is 2.05. The molecule has 2 atom stereocenters. The van der Waals surface area contributed by atoms with E-state index in [4.69, 9.17) is 4.74 Å². The van der Waals surface area contributed by atoms with Gasteiger partial charge in [-0.2, -0.15) is 0 Å². The van der Waals surface area contributed by atoms with Gasteiger partial charge in [-0.3, -0.25) is 0 Å². The van der Waals surface area contributed by atoms with Crippen LogP contribution in [0.3, 0.4) is 0 Å². The number of thiazole rings is 1. The van der Waals surface area contributed by atoms with E-state index in [9.17, 15) is 0 Å². The van der Waals surface area contributed by atoms with E-state index in [1.165, 1.54) is 25.0 Å². The first-order valence-corrected chi connectivity index (χ1v) is 7.42. The van der Waals surface area contributed by atoms with Crippen molar-refractivity contribution in [2.75, 3.05) is 20.2 Å². The van der Waals surface area contributed by atoms with Gasteiger partial charge in [0, 0.05) is 23.9 Å². The topological polar surface area (TPSA) is 34.2 Å². The number of nitrogens with one attached hydrogen (secondary N) is 1. The van der Waals surface area contributed by atoms with E-state index in [0.717, 1.165) is 25.5 Å². The first kappa shape index (κ1) is 11.6. The third-order valence-electron chi connectivity index (χ3n) is 4.10. The van der Waals surface area contributed by atoms with Gasteiger partial charge in [-0.15, -0.1) is 11.3 Å². The van der Waals surface area contributed by atoms with Gasteiger partial charge in [0.05, 0.1) is 17.3 Å². The van der Waals surface area contributed by atoms with Gasteiger partial charge in [0.1, 0.15) is 0 Å². The number of hydrogen-bond acceptors (Lipinski definition) is 4. The summed E-state index contributed by atoms with van der Waals surface area (Å²) in [5.41, 5.74) is 3.45. The summed E-state index contributed by atoms with van der Waals surface area (Å²) in [4.78, 5) is 4.46. The van der Waals surface area contributed by atoms with Crippen LogP contribution in [0.25, 0.3) is 0 Å². The van der Waals surface area contributed by atoms with Crippen molar-refractivity contribution in [3.8, 4) is 0 Å². The maximum atomic E-state index is 6.03. The first-order chi connectivity index (χ1) is 8.34. The van der Waals surface area contributed by atoms with Gasteiger partial charge in [0.25, 0.3) is 0 Å². The van der Waals surface area contributed by atoms with E-state index < -0.39 is 0 Å². The molecule has 0 amide bonds. The fourth-order valence-electron chi connectivity index (χ4n) is 3.22. The van der Waals surface area contributed by atoms with Gasteiger partial charge in [-0.1, -0.05) is 0 Å². The predicted molar refractivity (Wildman–Crippen MR) is 69.3 cm³/mol. The van der Waals surface area contributed by atoms with Crippen molar-refractivity contribution in [2.45, 2.75) is 31.8 Å². The van der Waals surface area contributed by atoms with Crippen LogP contribution in [0.2, 0.25) is 0 Å². The summed E-state index contributed by atoms with van der Waals surface area (Å²) in [6.45, 7) is 1.97. The van der Waals surface area contributed by atoms with Gasteiger partial charge in [0.15, 0.2) is 0 Å². The minimum absolute atomic E-state index is 0.282. The van der Waals surface area contributed by atoms with Crippen molar-refractivity contribution in [3.63, 3.8) is 0 Å². The Labute approximate surface area is 107 Å². The molecular weight excluding hydrogens is 232 g/mol. The predicted octanol–water partition coefficient (Wildman–Crippen LogP) is 2.09. The maximum absolute atomic E-state index is 6.03. The lowest BCUT2D eigenvalue weighted by Gasteiger charge is -2.33. The van der Waals surface area contributed by atoms with Crippen LogP contribution in [0.5, 0.6) is 0 Å². The van der Waals surface area contributed by atoms with Crippen LogP contribution in [-0.2, 0) is 11.2 Å². The van der Waals surface area contributed by atoms with Crippen LogP contribution in [0.1, 0.15) is 25.0 Å². The van der Waals surface area contributed by atoms with Crippen LogP contribution in [-0.4, -0.2) is 31.3 Å². The Kier molecular flexibility index (Phi) is 3.19. The van der Waals surface area contributed by atoms with E-state index in [2.05, 4.69) is 15.7 Å². The van der Waals surface area contributed by atoms with Crippen molar-refractivity contribution < 1.29 is 4.74 Å². The molecule has 1 aromatic rings. The van der Waals surface area contributed by atoms with Crippen molar-refractivity contribution in [1.29, 1.82) is 0 Å². The lowest BCUT2D eigenvalue weighted by atomic mass is 9.75. The van der Waals surface area contributed by atoms with Gasteiger partial charge in [-0.25, -0.2) is 4.98 Å². The SMILES string of the molecule is CNCC1(Cc2cscn2)CCOC1C1CC1. The van der Waals surface area contributed by atoms with Crippen LogP contribution in [0, 0.1) is 11.3 Å². The van der Waals surface area contributed by atoms with Gasteiger partial charge in [-0.05, 0) is 38.6 Å². The standard InChI is InChI=1S/C13H20N2OS/c1-14-8-13(6-11-7-17-9-15-11)4-5-16-12(13)10-2-3-10/h7,9-10,12,14H,2-6,8H2,1H3. The molecule has 94 valence electrons. The zero-order chi connectivity index (χ0) is 11.7. The third kappa shape index (κ3) is 2.26. The monoisotopic (exact) mass is 252 g/mol. The second-order valence-electron chi connectivity index (χ2n) is 5.43. The molecule has 2 heterocycles. The molecule has 2 aliphatic rings. The highest BCUT2D eigenvalue weighted by molar-refractivity contribution is 7.07. The summed E-state index contributed by atoms with van der Waals surface area (Å²) in [6.07, 6.45) is 5.41. The summed E-state index contributed by atoms with van der Waals surface area (Å²) in [5.74, 6) is 0.810. The molecule has 1 saturated heterocycles. The zero-order valence-electron chi connectivity index (χ0n) is 10.3. The number of ether oxygens (including phenoxy) is 1. The average molecular weight is 252 g/mol. The number of hydrogen-bond donors (Lipinski definition) is 1. The second kappa shape index (κ2) is 4.67. The highest BCUT2D eigenvalue weighted by Crippen LogP contribution is 2.49. The molecule has 1 N–H and O–H groups in total. The largest absolute Gasteiger partial charge is 0.377 e. The summed E-state index contributed by atoms with van der Waals surface area (Å²) < 4.78 is 6.03. The number of aromatic nitrogens is 1. The molecule has 0 spiro atoms. The Morgan fingerprint density at radius 1 is 1.59 bits per heavy atom. The summed E-state index contributed by atoms with van der Waals surface area (Å²) in [6, 6.07) is 0. The van der Waals surface area contributed by atoms with Crippen molar-refractivity contribution in [1.82, 2.24) is 10.3 Å². The van der Waals surface area contributed by atoms with Gasteiger partial charge >= 0.3 is 0 Å². The normalized spacial score (nSPS) is 33.1. The molecule has 0 radical (unpaired) electrons. The number of rotatable bonds is 5. The third-order valence-corrected chi connectivity index (χ3v) is 4.73. The summed E-state index contributed by atoms with van der Waals surface area (Å²) >= 11 is 1.69. The van der Waals surface area contributed by atoms with Crippen LogP contribution in [0.15, 0.2) is 10.9 Å². The highest BCUT2D eigenvalue weighted by Gasteiger charge is 2.50. The highest BCUT2D eigenvalue weighted by atomic mass is 32.1. The average Bonchev–Trinajstić information content (AvgIpc) is 2.88. The van der Waals surface area contributed by atoms with Crippen LogP contribution >= 0.6 is 11.3 Å². The summed E-state index contributed by atoms with van der Waals surface area (Å²) in [5, 5.41) is 5.55. The molecule has 1 aliphatic carbocycles. The van der Waals surface area contributed by atoms with Crippen molar-refractivity contribution in [3.05, 3.63) is 16.6 Å². The molecule has 1 saturated carbocycles. The van der Waals surface area contributed by atoms with E-state index in [1.807, 2.05) is 12.6 Å².